The minimum Gasteiger partial charge on any atom is -0.619 e. The van der Waals surface area contributed by atoms with Crippen molar-refractivity contribution in [3.05, 3.63) is 76.2 Å². The average molecular weight is 282 g/mol. The number of rotatable bonds is 3. The Morgan fingerprint density at radius 1 is 1.05 bits per heavy atom. The molecule has 6 heteroatoms. The summed E-state index contributed by atoms with van der Waals surface area (Å²) in [6, 6.07) is 14.1. The average Bonchev–Trinajstić information content (AvgIpc) is 2.47. The van der Waals surface area contributed by atoms with Gasteiger partial charge in [-0.2, -0.15) is 4.73 Å². The predicted molar refractivity (Wildman–Crippen MR) is 76.1 cm³/mol. The van der Waals surface area contributed by atoms with Crippen molar-refractivity contribution in [1.82, 2.24) is 0 Å². The lowest BCUT2D eigenvalue weighted by Crippen LogP contribution is -2.24. The van der Waals surface area contributed by atoms with Crippen molar-refractivity contribution >= 4 is 16.5 Å². The van der Waals surface area contributed by atoms with Gasteiger partial charge in [-0.3, -0.25) is 10.1 Å². The molecule has 0 N–H and O–H groups in total. The van der Waals surface area contributed by atoms with Crippen LogP contribution in [0.3, 0.4) is 0 Å². The van der Waals surface area contributed by atoms with Crippen LogP contribution in [-0.4, -0.2) is 4.92 Å². The molecule has 2 aromatic carbocycles. The van der Waals surface area contributed by atoms with E-state index in [1.807, 2.05) is 30.3 Å². The molecule has 0 aliphatic heterocycles. The second-order valence-corrected chi connectivity index (χ2v) is 4.42. The standard InChI is InChI=1S/C15H10N2O4/c18-16-8-7-14(17(19)20)15(10-16)21-13-6-5-11-3-1-2-4-12(11)9-13/h1-10H. The Balaban J connectivity index is 2.02. The number of fused-ring (bicyclic) bond motifs is 1. The fraction of sp³-hybridized carbons (Fsp3) is 0. The zero-order chi connectivity index (χ0) is 14.8. The molecule has 104 valence electrons. The van der Waals surface area contributed by atoms with Crippen LogP contribution in [0.1, 0.15) is 0 Å². The minimum absolute atomic E-state index is 0.0900. The van der Waals surface area contributed by atoms with Gasteiger partial charge in [-0.15, -0.1) is 0 Å². The van der Waals surface area contributed by atoms with E-state index in [1.54, 1.807) is 12.1 Å². The molecule has 0 aliphatic carbocycles. The van der Waals surface area contributed by atoms with Crippen LogP contribution in [0.2, 0.25) is 0 Å². The smallest absolute Gasteiger partial charge is 0.323 e. The van der Waals surface area contributed by atoms with E-state index < -0.39 is 4.92 Å². The van der Waals surface area contributed by atoms with Gasteiger partial charge in [0.25, 0.3) is 5.75 Å². The summed E-state index contributed by atoms with van der Waals surface area (Å²) in [5, 5.41) is 24.2. The summed E-state index contributed by atoms with van der Waals surface area (Å²) < 4.78 is 5.96. The number of hydrogen-bond donors (Lipinski definition) is 0. The quantitative estimate of drug-likeness (QED) is 0.320. The van der Waals surface area contributed by atoms with Crippen LogP contribution in [0.5, 0.6) is 11.5 Å². The summed E-state index contributed by atoms with van der Waals surface area (Å²) in [7, 11) is 0. The lowest BCUT2D eigenvalue weighted by Gasteiger charge is -2.07. The Morgan fingerprint density at radius 3 is 2.57 bits per heavy atom. The summed E-state index contributed by atoms with van der Waals surface area (Å²) in [6.07, 6.45) is 2.10. The molecule has 0 unspecified atom stereocenters. The minimum atomic E-state index is -0.587. The SMILES string of the molecule is O=[N+]([O-])c1cc[n+]([O-])cc1Oc1ccc2ccccc2c1. The molecule has 0 saturated heterocycles. The van der Waals surface area contributed by atoms with Crippen molar-refractivity contribution in [3.8, 4) is 11.5 Å². The monoisotopic (exact) mass is 282 g/mol. The largest absolute Gasteiger partial charge is 0.619 e. The van der Waals surface area contributed by atoms with Gasteiger partial charge in [-0.05, 0) is 22.9 Å². The van der Waals surface area contributed by atoms with Crippen molar-refractivity contribution in [2.75, 3.05) is 0 Å². The second-order valence-electron chi connectivity index (χ2n) is 4.42. The van der Waals surface area contributed by atoms with Crippen molar-refractivity contribution in [3.63, 3.8) is 0 Å². The summed E-state index contributed by atoms with van der Waals surface area (Å²) in [5.74, 6) is 0.343. The highest BCUT2D eigenvalue weighted by Crippen LogP contribution is 2.31. The van der Waals surface area contributed by atoms with Gasteiger partial charge in [-0.1, -0.05) is 30.3 Å². The van der Waals surface area contributed by atoms with E-state index in [2.05, 4.69) is 0 Å². The number of nitro groups is 1. The van der Waals surface area contributed by atoms with Gasteiger partial charge in [0.1, 0.15) is 5.75 Å². The van der Waals surface area contributed by atoms with Crippen LogP contribution < -0.4 is 9.47 Å². The van der Waals surface area contributed by atoms with Gasteiger partial charge in [-0.25, -0.2) is 0 Å². The zero-order valence-electron chi connectivity index (χ0n) is 10.8. The molecule has 1 heterocycles. The van der Waals surface area contributed by atoms with E-state index in [9.17, 15) is 15.3 Å². The first kappa shape index (κ1) is 12.9. The Bertz CT molecular complexity index is 833. The number of pyridine rings is 1. The molecule has 0 atom stereocenters. The van der Waals surface area contributed by atoms with Crippen molar-refractivity contribution in [1.29, 1.82) is 0 Å². The first-order valence-corrected chi connectivity index (χ1v) is 6.17. The van der Waals surface area contributed by atoms with E-state index in [0.29, 0.717) is 10.5 Å². The maximum Gasteiger partial charge on any atom is 0.323 e. The maximum absolute atomic E-state index is 11.3. The molecule has 0 amide bonds. The predicted octanol–water partition coefficient (Wildman–Crippen LogP) is 3.17. The molecule has 0 saturated carbocycles. The molecule has 6 nitrogen and oxygen atoms in total. The van der Waals surface area contributed by atoms with E-state index in [4.69, 9.17) is 4.74 Å². The summed E-state index contributed by atoms with van der Waals surface area (Å²) >= 11 is 0. The van der Waals surface area contributed by atoms with Crippen LogP contribution in [0.15, 0.2) is 60.9 Å². The summed E-state index contributed by atoms with van der Waals surface area (Å²) in [6.45, 7) is 0. The highest BCUT2D eigenvalue weighted by molar-refractivity contribution is 5.83. The molecule has 3 aromatic rings. The molecular formula is C15H10N2O4. The van der Waals surface area contributed by atoms with Crippen LogP contribution in [-0.2, 0) is 0 Å². The third-order valence-electron chi connectivity index (χ3n) is 3.02. The van der Waals surface area contributed by atoms with Crippen molar-refractivity contribution in [2.24, 2.45) is 0 Å². The number of hydrogen-bond acceptors (Lipinski definition) is 4. The maximum atomic E-state index is 11.3. The van der Waals surface area contributed by atoms with Crippen LogP contribution >= 0.6 is 0 Å². The highest BCUT2D eigenvalue weighted by atomic mass is 16.6. The Labute approximate surface area is 119 Å². The van der Waals surface area contributed by atoms with Crippen LogP contribution in [0, 0.1) is 15.3 Å². The first-order chi connectivity index (χ1) is 10.1. The third kappa shape index (κ3) is 2.59. The Kier molecular flexibility index (Phi) is 3.12. The molecule has 3 rings (SSSR count). The van der Waals surface area contributed by atoms with Gasteiger partial charge in [0, 0.05) is 0 Å². The highest BCUT2D eigenvalue weighted by Gasteiger charge is 2.19. The summed E-state index contributed by atoms with van der Waals surface area (Å²) in [4.78, 5) is 10.4. The number of benzene rings is 2. The fourth-order valence-corrected chi connectivity index (χ4v) is 2.04. The van der Waals surface area contributed by atoms with E-state index in [-0.39, 0.29) is 11.4 Å². The van der Waals surface area contributed by atoms with Gasteiger partial charge in [0.15, 0.2) is 6.20 Å². The van der Waals surface area contributed by atoms with E-state index in [1.165, 1.54) is 0 Å². The van der Waals surface area contributed by atoms with E-state index >= 15 is 0 Å². The second kappa shape index (κ2) is 5.09. The lowest BCUT2D eigenvalue weighted by molar-refractivity contribution is -0.606. The molecule has 0 bridgehead atoms. The molecular weight excluding hydrogens is 272 g/mol. The molecule has 0 spiro atoms. The van der Waals surface area contributed by atoms with E-state index in [0.717, 1.165) is 29.2 Å². The van der Waals surface area contributed by atoms with Gasteiger partial charge in [0.2, 0.25) is 6.20 Å². The normalized spacial score (nSPS) is 10.5. The Hall–Kier alpha value is -3.15. The Morgan fingerprint density at radius 2 is 1.81 bits per heavy atom. The van der Waals surface area contributed by atoms with Crippen LogP contribution in [0.4, 0.5) is 5.69 Å². The number of aromatic nitrogens is 1. The third-order valence-corrected chi connectivity index (χ3v) is 3.02. The zero-order valence-corrected chi connectivity index (χ0v) is 10.8. The molecule has 1 aromatic heterocycles. The lowest BCUT2D eigenvalue weighted by atomic mass is 10.1. The fourth-order valence-electron chi connectivity index (χ4n) is 2.04. The van der Waals surface area contributed by atoms with Crippen LogP contribution in [0.25, 0.3) is 10.8 Å². The van der Waals surface area contributed by atoms with Crippen molar-refractivity contribution in [2.45, 2.75) is 0 Å². The van der Waals surface area contributed by atoms with Gasteiger partial charge < -0.3 is 9.94 Å². The molecule has 0 fully saturated rings. The first-order valence-electron chi connectivity index (χ1n) is 6.17. The number of ether oxygens (including phenoxy) is 1. The topological polar surface area (TPSA) is 79.3 Å². The summed E-state index contributed by atoms with van der Waals surface area (Å²) in [5.41, 5.74) is -0.254. The molecule has 0 radical (unpaired) electrons. The molecule has 0 aliphatic rings. The van der Waals surface area contributed by atoms with Gasteiger partial charge >= 0.3 is 5.69 Å². The van der Waals surface area contributed by atoms with Gasteiger partial charge in [0.05, 0.1) is 11.0 Å². The molecule has 21 heavy (non-hydrogen) atoms. The van der Waals surface area contributed by atoms with Crippen molar-refractivity contribution < 1.29 is 14.4 Å². The number of nitrogens with zero attached hydrogens (tertiary/aromatic N) is 2.